The van der Waals surface area contributed by atoms with E-state index in [1.54, 1.807) is 11.3 Å². The molecule has 0 saturated carbocycles. The summed E-state index contributed by atoms with van der Waals surface area (Å²) < 4.78 is 0. The van der Waals surface area contributed by atoms with Crippen LogP contribution in [0.1, 0.15) is 31.4 Å². The van der Waals surface area contributed by atoms with Crippen LogP contribution >= 0.6 is 11.3 Å². The fourth-order valence-electron chi connectivity index (χ4n) is 1.94. The molecule has 0 spiro atoms. The van der Waals surface area contributed by atoms with Crippen LogP contribution in [0, 0.1) is 0 Å². The van der Waals surface area contributed by atoms with E-state index in [-0.39, 0.29) is 12.3 Å². The molecule has 1 heterocycles. The number of thiazole rings is 1. The standard InChI is InChI=1S/C16H18N2O3S/c19-14(8-4-5-9-15(20)21)17-10-13-11-22-16(18-13)12-6-2-1-3-7-12/h1-3,6-7,11H,4-5,8-10H2,(H,17,19)(H,20,21). The summed E-state index contributed by atoms with van der Waals surface area (Å²) in [7, 11) is 0. The van der Waals surface area contributed by atoms with Gasteiger partial charge in [0.25, 0.3) is 0 Å². The van der Waals surface area contributed by atoms with Gasteiger partial charge in [-0.2, -0.15) is 0 Å². The van der Waals surface area contributed by atoms with Gasteiger partial charge in [0.15, 0.2) is 0 Å². The minimum atomic E-state index is -0.823. The van der Waals surface area contributed by atoms with Crippen LogP contribution in [0.25, 0.3) is 10.6 Å². The number of aromatic nitrogens is 1. The molecule has 0 unspecified atom stereocenters. The van der Waals surface area contributed by atoms with Crippen molar-refractivity contribution in [3.8, 4) is 10.6 Å². The first-order chi connectivity index (χ1) is 10.6. The summed E-state index contributed by atoms with van der Waals surface area (Å²) in [6.07, 6.45) is 1.57. The van der Waals surface area contributed by atoms with Crippen LogP contribution in [0.3, 0.4) is 0 Å². The number of carboxylic acids is 1. The van der Waals surface area contributed by atoms with Crippen LogP contribution in [-0.2, 0) is 16.1 Å². The number of nitrogens with one attached hydrogen (secondary N) is 1. The Morgan fingerprint density at radius 1 is 1.14 bits per heavy atom. The van der Waals surface area contributed by atoms with Gasteiger partial charge in [-0.15, -0.1) is 11.3 Å². The normalized spacial score (nSPS) is 10.4. The molecule has 0 aliphatic carbocycles. The molecule has 1 aromatic carbocycles. The molecule has 0 saturated heterocycles. The van der Waals surface area contributed by atoms with E-state index in [1.165, 1.54) is 0 Å². The van der Waals surface area contributed by atoms with E-state index in [0.29, 0.717) is 25.8 Å². The lowest BCUT2D eigenvalue weighted by Gasteiger charge is -2.02. The maximum Gasteiger partial charge on any atom is 0.303 e. The molecule has 22 heavy (non-hydrogen) atoms. The summed E-state index contributed by atoms with van der Waals surface area (Å²) >= 11 is 1.55. The Kier molecular flexibility index (Phi) is 6.09. The Morgan fingerprint density at radius 3 is 2.59 bits per heavy atom. The van der Waals surface area contributed by atoms with Crippen molar-refractivity contribution in [2.24, 2.45) is 0 Å². The highest BCUT2D eigenvalue weighted by atomic mass is 32.1. The van der Waals surface area contributed by atoms with Crippen LogP contribution in [0.15, 0.2) is 35.7 Å². The summed E-state index contributed by atoms with van der Waals surface area (Å²) in [5.74, 6) is -0.893. The van der Waals surface area contributed by atoms with Gasteiger partial charge in [0.05, 0.1) is 12.2 Å². The number of amides is 1. The molecule has 0 fully saturated rings. The van der Waals surface area contributed by atoms with Crippen molar-refractivity contribution >= 4 is 23.2 Å². The van der Waals surface area contributed by atoms with E-state index in [4.69, 9.17) is 5.11 Å². The Hall–Kier alpha value is -2.21. The minimum absolute atomic E-state index is 0.0698. The van der Waals surface area contributed by atoms with Crippen molar-refractivity contribution in [2.45, 2.75) is 32.2 Å². The van der Waals surface area contributed by atoms with Gasteiger partial charge in [-0.25, -0.2) is 4.98 Å². The van der Waals surface area contributed by atoms with Crippen molar-refractivity contribution in [3.63, 3.8) is 0 Å². The molecule has 5 nitrogen and oxygen atoms in total. The number of hydrogen-bond donors (Lipinski definition) is 2. The van der Waals surface area contributed by atoms with Crippen LogP contribution in [0.5, 0.6) is 0 Å². The summed E-state index contributed by atoms with van der Waals surface area (Å²) in [5, 5.41) is 14.2. The molecule has 1 aromatic heterocycles. The number of benzene rings is 1. The Labute approximate surface area is 133 Å². The van der Waals surface area contributed by atoms with Crippen LogP contribution in [0.2, 0.25) is 0 Å². The summed E-state index contributed by atoms with van der Waals surface area (Å²) in [6, 6.07) is 9.90. The molecule has 0 atom stereocenters. The molecule has 116 valence electrons. The van der Waals surface area contributed by atoms with E-state index in [1.807, 2.05) is 35.7 Å². The highest BCUT2D eigenvalue weighted by Crippen LogP contribution is 2.23. The average molecular weight is 318 g/mol. The molecule has 2 N–H and O–H groups in total. The van der Waals surface area contributed by atoms with E-state index in [9.17, 15) is 9.59 Å². The van der Waals surface area contributed by atoms with Gasteiger partial charge >= 0.3 is 5.97 Å². The first-order valence-corrected chi connectivity index (χ1v) is 8.01. The average Bonchev–Trinajstić information content (AvgIpc) is 2.99. The number of hydrogen-bond acceptors (Lipinski definition) is 4. The highest BCUT2D eigenvalue weighted by Gasteiger charge is 2.06. The van der Waals surface area contributed by atoms with Crippen molar-refractivity contribution in [1.29, 1.82) is 0 Å². The zero-order chi connectivity index (χ0) is 15.8. The van der Waals surface area contributed by atoms with Crippen molar-refractivity contribution in [1.82, 2.24) is 10.3 Å². The lowest BCUT2D eigenvalue weighted by Crippen LogP contribution is -2.22. The molecule has 6 heteroatoms. The third kappa shape index (κ3) is 5.29. The van der Waals surface area contributed by atoms with E-state index >= 15 is 0 Å². The molecule has 0 bridgehead atoms. The highest BCUT2D eigenvalue weighted by molar-refractivity contribution is 7.13. The topological polar surface area (TPSA) is 79.3 Å². The first kappa shape index (κ1) is 16.2. The fourth-order valence-corrected chi connectivity index (χ4v) is 2.77. The molecule has 2 aromatic rings. The fraction of sp³-hybridized carbons (Fsp3) is 0.312. The van der Waals surface area contributed by atoms with Crippen molar-refractivity contribution < 1.29 is 14.7 Å². The number of aliphatic carboxylic acids is 1. The van der Waals surface area contributed by atoms with E-state index < -0.39 is 5.97 Å². The number of unbranched alkanes of at least 4 members (excludes halogenated alkanes) is 1. The van der Waals surface area contributed by atoms with Gasteiger partial charge in [0, 0.05) is 23.8 Å². The smallest absolute Gasteiger partial charge is 0.303 e. The molecule has 1 amide bonds. The maximum atomic E-state index is 11.7. The van der Waals surface area contributed by atoms with Crippen LogP contribution in [-0.4, -0.2) is 22.0 Å². The number of carbonyl (C=O) groups excluding carboxylic acids is 1. The SMILES string of the molecule is O=C(O)CCCCC(=O)NCc1csc(-c2ccccc2)n1. The maximum absolute atomic E-state index is 11.7. The third-order valence-electron chi connectivity index (χ3n) is 3.08. The second-order valence-corrected chi connectivity index (χ2v) is 5.75. The Morgan fingerprint density at radius 2 is 1.86 bits per heavy atom. The van der Waals surface area contributed by atoms with Crippen LogP contribution in [0.4, 0.5) is 0 Å². The Bertz CT molecular complexity index is 625. The molecular formula is C16H18N2O3S. The van der Waals surface area contributed by atoms with Gasteiger partial charge in [-0.3, -0.25) is 9.59 Å². The molecule has 0 aliphatic rings. The van der Waals surface area contributed by atoms with Crippen molar-refractivity contribution in [2.75, 3.05) is 0 Å². The molecule has 0 radical (unpaired) electrons. The predicted octanol–water partition coefficient (Wildman–Crippen LogP) is 3.07. The van der Waals surface area contributed by atoms with Gasteiger partial charge in [0.2, 0.25) is 5.91 Å². The summed E-state index contributed by atoms with van der Waals surface area (Å²) in [5.41, 5.74) is 1.90. The number of carbonyl (C=O) groups is 2. The van der Waals surface area contributed by atoms with Gasteiger partial charge in [0.1, 0.15) is 5.01 Å². The Balaban J connectivity index is 1.74. The summed E-state index contributed by atoms with van der Waals surface area (Å²) in [4.78, 5) is 26.5. The largest absolute Gasteiger partial charge is 0.481 e. The van der Waals surface area contributed by atoms with Crippen molar-refractivity contribution in [3.05, 3.63) is 41.4 Å². The van der Waals surface area contributed by atoms with E-state index in [0.717, 1.165) is 16.3 Å². The monoisotopic (exact) mass is 318 g/mol. The number of nitrogens with zero attached hydrogens (tertiary/aromatic N) is 1. The predicted molar refractivity (Wildman–Crippen MR) is 85.5 cm³/mol. The second-order valence-electron chi connectivity index (χ2n) is 4.89. The quantitative estimate of drug-likeness (QED) is 0.733. The first-order valence-electron chi connectivity index (χ1n) is 7.13. The lowest BCUT2D eigenvalue weighted by atomic mass is 10.2. The summed E-state index contributed by atoms with van der Waals surface area (Å²) in [6.45, 7) is 0.404. The van der Waals surface area contributed by atoms with Gasteiger partial charge < -0.3 is 10.4 Å². The molecular weight excluding hydrogens is 300 g/mol. The zero-order valence-electron chi connectivity index (χ0n) is 12.1. The third-order valence-corrected chi connectivity index (χ3v) is 4.02. The van der Waals surface area contributed by atoms with Gasteiger partial charge in [-0.05, 0) is 12.8 Å². The second kappa shape index (κ2) is 8.29. The molecule has 2 rings (SSSR count). The zero-order valence-corrected chi connectivity index (χ0v) is 12.9. The van der Waals surface area contributed by atoms with Gasteiger partial charge in [-0.1, -0.05) is 30.3 Å². The van der Waals surface area contributed by atoms with E-state index in [2.05, 4.69) is 10.3 Å². The number of rotatable bonds is 8. The van der Waals surface area contributed by atoms with Crippen LogP contribution < -0.4 is 5.32 Å². The number of carboxylic acid groups (broad SMARTS) is 1. The lowest BCUT2D eigenvalue weighted by molar-refractivity contribution is -0.137. The minimum Gasteiger partial charge on any atom is -0.481 e. The molecule has 0 aliphatic heterocycles.